The second-order valence-corrected chi connectivity index (χ2v) is 6.32. The number of halogens is 1. The van der Waals surface area contributed by atoms with Crippen molar-refractivity contribution in [2.75, 3.05) is 33.9 Å². The van der Waals surface area contributed by atoms with Crippen LogP contribution in [-0.2, 0) is 11.3 Å². The lowest BCUT2D eigenvalue weighted by Gasteiger charge is -2.24. The summed E-state index contributed by atoms with van der Waals surface area (Å²) in [5, 5.41) is 3.45. The molecular weight excluding hydrogens is 268 g/mol. The van der Waals surface area contributed by atoms with Crippen LogP contribution >= 0.6 is 22.9 Å². The molecule has 3 nitrogen and oxygen atoms in total. The van der Waals surface area contributed by atoms with Crippen LogP contribution in [-0.4, -0.2) is 44.8 Å². The minimum Gasteiger partial charge on any atom is -0.385 e. The van der Waals surface area contributed by atoms with Crippen LogP contribution in [0.4, 0.5) is 0 Å². The summed E-state index contributed by atoms with van der Waals surface area (Å²) in [5.41, 5.74) is 0. The highest BCUT2D eigenvalue weighted by Crippen LogP contribution is 2.22. The van der Waals surface area contributed by atoms with Crippen LogP contribution in [0.1, 0.15) is 18.2 Å². The predicted octanol–water partition coefficient (Wildman–Crippen LogP) is 2.85. The van der Waals surface area contributed by atoms with Gasteiger partial charge in [-0.1, -0.05) is 11.6 Å². The van der Waals surface area contributed by atoms with E-state index in [1.165, 1.54) is 4.88 Å². The molecule has 104 valence electrons. The first kappa shape index (κ1) is 15.9. The molecule has 0 bridgehead atoms. The molecule has 0 saturated heterocycles. The zero-order chi connectivity index (χ0) is 13.4. The number of nitrogens with one attached hydrogen (secondary N) is 1. The van der Waals surface area contributed by atoms with Crippen LogP contribution in [0.3, 0.4) is 0 Å². The van der Waals surface area contributed by atoms with E-state index >= 15 is 0 Å². The van der Waals surface area contributed by atoms with E-state index in [1.54, 1.807) is 18.4 Å². The van der Waals surface area contributed by atoms with E-state index in [1.807, 2.05) is 6.07 Å². The lowest BCUT2D eigenvalue weighted by molar-refractivity contribution is 0.191. The number of rotatable bonds is 9. The Balaban J connectivity index is 2.18. The summed E-state index contributed by atoms with van der Waals surface area (Å²) >= 11 is 7.59. The minimum atomic E-state index is 0.508. The summed E-state index contributed by atoms with van der Waals surface area (Å²) in [4.78, 5) is 3.65. The summed E-state index contributed by atoms with van der Waals surface area (Å²) in [6.07, 6.45) is 1.06. The predicted molar refractivity (Wildman–Crippen MR) is 79.6 cm³/mol. The van der Waals surface area contributed by atoms with Crippen molar-refractivity contribution in [3.63, 3.8) is 0 Å². The van der Waals surface area contributed by atoms with Crippen molar-refractivity contribution < 1.29 is 4.74 Å². The fourth-order valence-electron chi connectivity index (χ4n) is 1.65. The maximum absolute atomic E-state index is 5.93. The Kier molecular flexibility index (Phi) is 7.86. The van der Waals surface area contributed by atoms with Gasteiger partial charge in [0.2, 0.25) is 0 Å². The smallest absolute Gasteiger partial charge is 0.0931 e. The Morgan fingerprint density at radius 3 is 2.89 bits per heavy atom. The van der Waals surface area contributed by atoms with Crippen LogP contribution < -0.4 is 5.32 Å². The maximum atomic E-state index is 5.93. The third-order valence-corrected chi connectivity index (χ3v) is 4.14. The van der Waals surface area contributed by atoms with Gasteiger partial charge in [0.05, 0.1) is 4.34 Å². The van der Waals surface area contributed by atoms with Crippen molar-refractivity contribution in [1.29, 1.82) is 0 Å². The summed E-state index contributed by atoms with van der Waals surface area (Å²) in [5.74, 6) is 0. The van der Waals surface area contributed by atoms with E-state index in [4.69, 9.17) is 16.3 Å². The van der Waals surface area contributed by atoms with E-state index in [9.17, 15) is 0 Å². The second-order valence-electron chi connectivity index (χ2n) is 4.52. The van der Waals surface area contributed by atoms with E-state index in [0.717, 1.165) is 37.0 Å². The molecule has 0 aliphatic rings. The first-order valence-electron chi connectivity index (χ1n) is 6.27. The van der Waals surface area contributed by atoms with E-state index in [0.29, 0.717) is 6.04 Å². The Labute approximate surface area is 119 Å². The molecule has 1 aromatic rings. The molecule has 0 aromatic carbocycles. The molecule has 1 atom stereocenters. The van der Waals surface area contributed by atoms with Crippen molar-refractivity contribution >= 4 is 22.9 Å². The Bertz CT molecular complexity index is 333. The quantitative estimate of drug-likeness (QED) is 0.708. The van der Waals surface area contributed by atoms with Gasteiger partial charge in [-0.15, -0.1) is 11.3 Å². The van der Waals surface area contributed by atoms with Gasteiger partial charge in [-0.05, 0) is 39.1 Å². The third kappa shape index (κ3) is 6.16. The minimum absolute atomic E-state index is 0.508. The standard InChI is InChI=1S/C13H23ClN2OS/c1-11(9-15-7-4-8-17-3)16(2)10-12-5-6-13(14)18-12/h5-6,11,15H,4,7-10H2,1-3H3. The Hall–Kier alpha value is -0.130. The molecule has 1 N–H and O–H groups in total. The first-order chi connectivity index (χ1) is 8.63. The zero-order valence-electron chi connectivity index (χ0n) is 11.4. The zero-order valence-corrected chi connectivity index (χ0v) is 13.0. The van der Waals surface area contributed by atoms with E-state index < -0.39 is 0 Å². The number of ether oxygens (including phenoxy) is 1. The highest BCUT2D eigenvalue weighted by molar-refractivity contribution is 7.16. The van der Waals surface area contributed by atoms with Crippen LogP contribution in [0.15, 0.2) is 12.1 Å². The van der Waals surface area contributed by atoms with Crippen LogP contribution in [0.25, 0.3) is 0 Å². The van der Waals surface area contributed by atoms with Gasteiger partial charge in [0.1, 0.15) is 0 Å². The molecule has 0 spiro atoms. The van der Waals surface area contributed by atoms with E-state index in [2.05, 4.69) is 30.3 Å². The van der Waals surface area contributed by atoms with Crippen LogP contribution in [0.2, 0.25) is 4.34 Å². The Morgan fingerprint density at radius 1 is 1.50 bits per heavy atom. The fraction of sp³-hybridized carbons (Fsp3) is 0.692. The number of nitrogens with zero attached hydrogens (tertiary/aromatic N) is 1. The molecule has 1 unspecified atom stereocenters. The largest absolute Gasteiger partial charge is 0.385 e. The monoisotopic (exact) mass is 290 g/mol. The van der Waals surface area contributed by atoms with Crippen molar-refractivity contribution in [2.45, 2.75) is 25.9 Å². The highest BCUT2D eigenvalue weighted by Gasteiger charge is 2.10. The number of likely N-dealkylation sites (N-methyl/N-ethyl adjacent to an activating group) is 1. The second kappa shape index (κ2) is 8.88. The SMILES string of the molecule is COCCCNCC(C)N(C)Cc1ccc(Cl)s1. The number of hydrogen-bond acceptors (Lipinski definition) is 4. The van der Waals surface area contributed by atoms with Gasteiger partial charge in [0.15, 0.2) is 0 Å². The first-order valence-corrected chi connectivity index (χ1v) is 7.47. The molecule has 0 aliphatic carbocycles. The Morgan fingerprint density at radius 2 is 2.28 bits per heavy atom. The molecule has 1 rings (SSSR count). The van der Waals surface area contributed by atoms with E-state index in [-0.39, 0.29) is 0 Å². The molecule has 0 amide bonds. The van der Waals surface area contributed by atoms with Crippen LogP contribution in [0, 0.1) is 0 Å². The molecule has 18 heavy (non-hydrogen) atoms. The number of thiophene rings is 1. The number of methoxy groups -OCH3 is 1. The summed E-state index contributed by atoms with van der Waals surface area (Å²) < 4.78 is 5.88. The lowest BCUT2D eigenvalue weighted by Crippen LogP contribution is -2.37. The van der Waals surface area contributed by atoms with Gasteiger partial charge >= 0.3 is 0 Å². The fourth-order valence-corrected chi connectivity index (χ4v) is 2.80. The van der Waals surface area contributed by atoms with Gasteiger partial charge in [-0.25, -0.2) is 0 Å². The summed E-state index contributed by atoms with van der Waals surface area (Å²) in [6.45, 7) is 6.03. The normalized spacial score (nSPS) is 13.2. The summed E-state index contributed by atoms with van der Waals surface area (Å²) in [6, 6.07) is 4.57. The van der Waals surface area contributed by atoms with Crippen molar-refractivity contribution in [2.24, 2.45) is 0 Å². The average Bonchev–Trinajstić information content (AvgIpc) is 2.74. The molecule has 0 aliphatic heterocycles. The molecular formula is C13H23ClN2OS. The third-order valence-electron chi connectivity index (χ3n) is 2.93. The van der Waals surface area contributed by atoms with Crippen molar-refractivity contribution in [3.05, 3.63) is 21.3 Å². The molecule has 5 heteroatoms. The topological polar surface area (TPSA) is 24.5 Å². The van der Waals surface area contributed by atoms with Gasteiger partial charge in [0, 0.05) is 37.7 Å². The molecule has 0 saturated carbocycles. The van der Waals surface area contributed by atoms with Crippen molar-refractivity contribution in [1.82, 2.24) is 10.2 Å². The lowest BCUT2D eigenvalue weighted by atomic mass is 10.2. The van der Waals surface area contributed by atoms with Gasteiger partial charge in [-0.2, -0.15) is 0 Å². The number of hydrogen-bond donors (Lipinski definition) is 1. The van der Waals surface area contributed by atoms with Gasteiger partial charge in [0.25, 0.3) is 0 Å². The van der Waals surface area contributed by atoms with Gasteiger partial charge < -0.3 is 10.1 Å². The molecule has 0 fully saturated rings. The summed E-state index contributed by atoms with van der Waals surface area (Å²) in [7, 11) is 3.89. The molecule has 0 radical (unpaired) electrons. The van der Waals surface area contributed by atoms with Crippen molar-refractivity contribution in [3.8, 4) is 0 Å². The maximum Gasteiger partial charge on any atom is 0.0931 e. The van der Waals surface area contributed by atoms with Gasteiger partial charge in [-0.3, -0.25) is 4.90 Å². The van der Waals surface area contributed by atoms with Crippen LogP contribution in [0.5, 0.6) is 0 Å². The average molecular weight is 291 g/mol. The molecule has 1 aromatic heterocycles. The molecule has 1 heterocycles. The highest BCUT2D eigenvalue weighted by atomic mass is 35.5.